The molecule has 0 amide bonds. The standard InChI is InChI=1S/C60H55N4O.Pt/c1-59(2,3)46-30-32-51(44-28-26-43(27-29-44)42-17-8-7-9-18-42)45(37-46)19-14-15-36-62-41-63(56-25-13-12-24-55(56)62)48-20-16-21-49(39-48)65-50-31-33-53-52-22-10-11-23-54(52)64(57(53)40-50)58-38-47(34-35-61-58)60(4,5)6;/h7-13,16-18,20-35,37-38,41H,14-15,19,36H2,1-6H3;/q-3;. The summed E-state index contributed by atoms with van der Waals surface area (Å²) >= 11 is 0. The molecule has 0 N–H and O–H groups in total. The first kappa shape index (κ1) is 44.8. The summed E-state index contributed by atoms with van der Waals surface area (Å²) in [4.78, 5) is 9.46. The predicted molar refractivity (Wildman–Crippen MR) is 271 cm³/mol. The molecule has 334 valence electrons. The summed E-state index contributed by atoms with van der Waals surface area (Å²) in [5.41, 5.74) is 14.4. The summed E-state index contributed by atoms with van der Waals surface area (Å²) in [6.45, 7) is 16.7. The van der Waals surface area contributed by atoms with Crippen LogP contribution in [0.1, 0.15) is 71.1 Å². The first-order valence-electron chi connectivity index (χ1n) is 22.9. The van der Waals surface area contributed by atoms with Gasteiger partial charge in [0.05, 0.1) is 0 Å². The second kappa shape index (κ2) is 18.5. The molecule has 0 bridgehead atoms. The molecule has 0 spiro atoms. The second-order valence-corrected chi connectivity index (χ2v) is 19.3. The van der Waals surface area contributed by atoms with E-state index in [4.69, 9.17) is 9.72 Å². The Morgan fingerprint density at radius 3 is 2.05 bits per heavy atom. The molecule has 3 heterocycles. The zero-order chi connectivity index (χ0) is 44.7. The van der Waals surface area contributed by atoms with Gasteiger partial charge in [-0.15, -0.1) is 41.4 Å². The van der Waals surface area contributed by atoms with E-state index < -0.39 is 0 Å². The summed E-state index contributed by atoms with van der Waals surface area (Å²) in [6, 6.07) is 65.6. The summed E-state index contributed by atoms with van der Waals surface area (Å²) in [6.07, 6.45) is 5.03. The average Bonchev–Trinajstić information content (AvgIpc) is 3.86. The molecule has 0 unspecified atom stereocenters. The van der Waals surface area contributed by atoms with Crippen molar-refractivity contribution < 1.29 is 25.8 Å². The van der Waals surface area contributed by atoms with Crippen LogP contribution in [0.4, 0.5) is 17.1 Å². The van der Waals surface area contributed by atoms with Gasteiger partial charge in [-0.2, -0.15) is 18.8 Å². The fourth-order valence-corrected chi connectivity index (χ4v) is 9.10. The van der Waals surface area contributed by atoms with Gasteiger partial charge in [0.15, 0.2) is 0 Å². The fourth-order valence-electron chi connectivity index (χ4n) is 9.10. The van der Waals surface area contributed by atoms with Crippen LogP contribution in [0, 0.1) is 18.8 Å². The van der Waals surface area contributed by atoms with Crippen LogP contribution in [0.3, 0.4) is 0 Å². The minimum Gasteiger partial charge on any atom is -0.509 e. The Hall–Kier alpha value is -6.42. The van der Waals surface area contributed by atoms with Gasteiger partial charge in [-0.25, -0.2) is 4.98 Å². The number of aryl methyl sites for hydroxylation is 1. The number of nitrogens with zero attached hydrogens (tertiary/aromatic N) is 4. The molecule has 0 saturated carbocycles. The van der Waals surface area contributed by atoms with E-state index in [0.717, 1.165) is 64.8 Å². The van der Waals surface area contributed by atoms with E-state index in [1.165, 1.54) is 44.6 Å². The molecular formula is C60H55N4OPt-3. The van der Waals surface area contributed by atoms with Crippen LogP contribution in [0.15, 0.2) is 170 Å². The van der Waals surface area contributed by atoms with Gasteiger partial charge in [0.2, 0.25) is 0 Å². The van der Waals surface area contributed by atoms with Gasteiger partial charge in [-0.3, -0.25) is 0 Å². The SMILES string of the molecule is CC(C)(C)c1ccnc(-n2c3[c-]c(Oc4[c-]c(N5[CH-]N(CCCCc6cc(C(C)(C)C)ccc6-c6ccc(-c7ccccc7)cc6)c6ccccc65)ccc4)ccc3c3ccccc32)c1.[Pt]. The molecule has 0 fully saturated rings. The van der Waals surface area contributed by atoms with Crippen molar-refractivity contribution in [3.8, 4) is 39.6 Å². The Morgan fingerprint density at radius 1 is 0.576 bits per heavy atom. The van der Waals surface area contributed by atoms with Crippen LogP contribution in [0.5, 0.6) is 11.5 Å². The normalized spacial score (nSPS) is 12.7. The zero-order valence-corrected chi connectivity index (χ0v) is 40.9. The molecule has 0 radical (unpaired) electrons. The fraction of sp³-hybridized carbons (Fsp3) is 0.200. The molecule has 1 aliphatic rings. The van der Waals surface area contributed by atoms with E-state index in [0.29, 0.717) is 11.5 Å². The van der Waals surface area contributed by atoms with Crippen molar-refractivity contribution in [3.05, 3.63) is 205 Å². The van der Waals surface area contributed by atoms with Crippen LogP contribution < -0.4 is 14.5 Å². The van der Waals surface area contributed by atoms with Crippen LogP contribution in [0.2, 0.25) is 0 Å². The number of ether oxygens (including phenoxy) is 1. The third-order valence-corrected chi connectivity index (χ3v) is 12.7. The monoisotopic (exact) mass is 1040 g/mol. The van der Waals surface area contributed by atoms with Gasteiger partial charge < -0.3 is 19.1 Å². The van der Waals surface area contributed by atoms with Gasteiger partial charge in [-0.05, 0) is 111 Å². The zero-order valence-electron chi connectivity index (χ0n) is 38.6. The first-order valence-corrected chi connectivity index (χ1v) is 22.9. The van der Waals surface area contributed by atoms with Gasteiger partial charge >= 0.3 is 0 Å². The Bertz CT molecular complexity index is 3140. The summed E-state index contributed by atoms with van der Waals surface area (Å²) in [5, 5.41) is 2.25. The number of anilines is 3. The summed E-state index contributed by atoms with van der Waals surface area (Å²) in [5.74, 6) is 2.11. The Balaban J connectivity index is 0.00000548. The molecule has 1 aliphatic heterocycles. The largest absolute Gasteiger partial charge is 0.509 e. The van der Waals surface area contributed by atoms with Crippen molar-refractivity contribution in [3.63, 3.8) is 0 Å². The van der Waals surface area contributed by atoms with Crippen LogP contribution in [-0.2, 0) is 38.3 Å². The second-order valence-electron chi connectivity index (χ2n) is 19.3. The third-order valence-electron chi connectivity index (χ3n) is 12.7. The number of rotatable bonds is 11. The molecule has 5 nitrogen and oxygen atoms in total. The van der Waals surface area contributed by atoms with E-state index in [9.17, 15) is 0 Å². The first-order chi connectivity index (χ1) is 31.5. The number of benzene rings is 7. The van der Waals surface area contributed by atoms with Crippen LogP contribution in [0.25, 0.3) is 49.9 Å². The minimum absolute atomic E-state index is 0. The number of hydrogen-bond donors (Lipinski definition) is 0. The third kappa shape index (κ3) is 9.07. The topological polar surface area (TPSA) is 33.5 Å². The Labute approximate surface area is 405 Å². The van der Waals surface area contributed by atoms with Crippen LogP contribution in [-0.4, -0.2) is 16.1 Å². The molecule has 7 aromatic carbocycles. The Morgan fingerprint density at radius 2 is 1.26 bits per heavy atom. The molecule has 2 aromatic heterocycles. The van der Waals surface area contributed by atoms with Crippen molar-refractivity contribution in [2.24, 2.45) is 0 Å². The maximum absolute atomic E-state index is 6.59. The smallest absolute Gasteiger partial charge is 0.135 e. The number of pyridine rings is 1. The quantitative estimate of drug-likeness (QED) is 0.0955. The molecule has 0 atom stereocenters. The number of para-hydroxylation sites is 3. The van der Waals surface area contributed by atoms with Gasteiger partial charge in [0.1, 0.15) is 5.82 Å². The number of fused-ring (bicyclic) bond motifs is 4. The molecular weight excluding hydrogens is 988 g/mol. The average molecular weight is 1040 g/mol. The maximum Gasteiger partial charge on any atom is 0.135 e. The van der Waals surface area contributed by atoms with Crippen molar-refractivity contribution in [1.82, 2.24) is 9.55 Å². The van der Waals surface area contributed by atoms with E-state index >= 15 is 0 Å². The molecule has 6 heteroatoms. The van der Waals surface area contributed by atoms with E-state index in [1.807, 2.05) is 24.4 Å². The summed E-state index contributed by atoms with van der Waals surface area (Å²) in [7, 11) is 0. The van der Waals surface area contributed by atoms with Gasteiger partial charge in [0.25, 0.3) is 0 Å². The number of unbranched alkanes of at least 4 members (excludes halogenated alkanes) is 1. The molecule has 0 aliphatic carbocycles. The number of aromatic nitrogens is 2. The Kier molecular flexibility index (Phi) is 12.5. The van der Waals surface area contributed by atoms with Crippen molar-refractivity contribution in [1.29, 1.82) is 0 Å². The van der Waals surface area contributed by atoms with Crippen LogP contribution >= 0.6 is 0 Å². The molecule has 9 aromatic rings. The maximum atomic E-state index is 6.59. The number of hydrogen-bond acceptors (Lipinski definition) is 4. The minimum atomic E-state index is -0.0130. The molecule has 10 rings (SSSR count). The summed E-state index contributed by atoms with van der Waals surface area (Å²) < 4.78 is 8.78. The van der Waals surface area contributed by atoms with Crippen molar-refractivity contribution in [2.45, 2.75) is 71.6 Å². The van der Waals surface area contributed by atoms with E-state index in [-0.39, 0.29) is 31.9 Å². The van der Waals surface area contributed by atoms with Gasteiger partial charge in [0, 0.05) is 55.7 Å². The molecule has 66 heavy (non-hydrogen) atoms. The van der Waals surface area contributed by atoms with Gasteiger partial charge in [-0.1, -0.05) is 150 Å². The van der Waals surface area contributed by atoms with Crippen molar-refractivity contribution >= 4 is 38.9 Å². The predicted octanol–water partition coefficient (Wildman–Crippen LogP) is 15.6. The van der Waals surface area contributed by atoms with E-state index in [1.54, 1.807) is 0 Å². The van der Waals surface area contributed by atoms with E-state index in [2.05, 4.69) is 220 Å². The molecule has 0 saturated heterocycles. The van der Waals surface area contributed by atoms with Crippen molar-refractivity contribution in [2.75, 3.05) is 16.3 Å².